The van der Waals surface area contributed by atoms with E-state index < -0.39 is 34.9 Å². The minimum Gasteiger partial charge on any atom is -0.482 e. The highest BCUT2D eigenvalue weighted by Crippen LogP contribution is 2.26. The minimum atomic E-state index is -3.79. The molecule has 38 heavy (non-hydrogen) atoms. The number of carbonyl (C=O) groups is 1. The van der Waals surface area contributed by atoms with E-state index in [1.54, 1.807) is 66.7 Å². The predicted molar refractivity (Wildman–Crippen MR) is 141 cm³/mol. The number of hydrogen-bond donors (Lipinski definition) is 0. The molecule has 0 aliphatic carbocycles. The maximum atomic E-state index is 13.2. The Bertz CT molecular complexity index is 1800. The van der Waals surface area contributed by atoms with Crippen LogP contribution in [0.1, 0.15) is 0 Å². The summed E-state index contributed by atoms with van der Waals surface area (Å²) in [5.41, 5.74) is 0.438. The van der Waals surface area contributed by atoms with Crippen LogP contribution in [0.15, 0.2) is 101 Å². The van der Waals surface area contributed by atoms with E-state index in [4.69, 9.17) is 9.47 Å². The summed E-state index contributed by atoms with van der Waals surface area (Å²) in [6, 6.07) is 25.5. The molecule has 5 rings (SSSR count). The highest BCUT2D eigenvalue weighted by molar-refractivity contribution is 7.92. The van der Waals surface area contributed by atoms with Gasteiger partial charge >= 0.3 is 5.97 Å². The third-order valence-corrected chi connectivity index (χ3v) is 7.70. The molecule has 0 aliphatic heterocycles. The molecule has 0 spiro atoms. The maximum absolute atomic E-state index is 13.2. The first-order valence-electron chi connectivity index (χ1n) is 11.5. The summed E-state index contributed by atoms with van der Waals surface area (Å²) < 4.78 is 39.0. The average Bonchev–Trinajstić information content (AvgIpc) is 2.95. The molecule has 0 unspecified atom stereocenters. The van der Waals surface area contributed by atoms with Crippen LogP contribution in [0.4, 0.5) is 5.69 Å². The van der Waals surface area contributed by atoms with Crippen molar-refractivity contribution >= 4 is 43.4 Å². The number of aromatic nitrogens is 3. The van der Waals surface area contributed by atoms with Gasteiger partial charge in [0.25, 0.3) is 15.6 Å². The van der Waals surface area contributed by atoms with Crippen LogP contribution in [-0.4, -0.2) is 43.0 Å². The Labute approximate surface area is 217 Å². The molecule has 0 aliphatic rings. The average molecular weight is 531 g/mol. The van der Waals surface area contributed by atoms with Crippen LogP contribution in [-0.2, 0) is 26.3 Å². The summed E-state index contributed by atoms with van der Waals surface area (Å²) >= 11 is 0. The first-order chi connectivity index (χ1) is 18.3. The molecule has 10 nitrogen and oxygen atoms in total. The normalized spacial score (nSPS) is 11.4. The molecule has 0 bridgehead atoms. The van der Waals surface area contributed by atoms with Gasteiger partial charge in [0.05, 0.1) is 16.0 Å². The molecule has 0 N–H and O–H groups in total. The molecule has 0 saturated heterocycles. The van der Waals surface area contributed by atoms with E-state index in [9.17, 15) is 18.0 Å². The molecule has 4 aromatic carbocycles. The highest BCUT2D eigenvalue weighted by Gasteiger charge is 2.21. The molecule has 0 atom stereocenters. The Kier molecular flexibility index (Phi) is 6.75. The zero-order valence-corrected chi connectivity index (χ0v) is 21.0. The van der Waals surface area contributed by atoms with Crippen molar-refractivity contribution in [1.29, 1.82) is 0 Å². The third-order valence-electron chi connectivity index (χ3n) is 5.91. The molecule has 5 aromatic rings. The monoisotopic (exact) mass is 530 g/mol. The van der Waals surface area contributed by atoms with Crippen LogP contribution in [0, 0.1) is 0 Å². The number of benzene rings is 4. The van der Waals surface area contributed by atoms with Gasteiger partial charge in [-0.1, -0.05) is 47.7 Å². The van der Waals surface area contributed by atoms with E-state index in [1.807, 2.05) is 24.3 Å². The maximum Gasteiger partial charge on any atom is 0.345 e. The van der Waals surface area contributed by atoms with Crippen molar-refractivity contribution < 1.29 is 22.7 Å². The molecular formula is C27H22N4O6S. The molecule has 0 fully saturated rings. The highest BCUT2D eigenvalue weighted by atomic mass is 32.2. The Morgan fingerprint density at radius 3 is 2.42 bits per heavy atom. The van der Waals surface area contributed by atoms with E-state index in [2.05, 4.69) is 10.3 Å². The summed E-state index contributed by atoms with van der Waals surface area (Å²) in [6.45, 7) is -0.824. The number of ether oxygens (including phenoxy) is 2. The summed E-state index contributed by atoms with van der Waals surface area (Å²) in [6.07, 6.45) is 0. The molecule has 0 radical (unpaired) electrons. The first kappa shape index (κ1) is 24.9. The van der Waals surface area contributed by atoms with Gasteiger partial charge in [0.15, 0.2) is 13.3 Å². The van der Waals surface area contributed by atoms with Crippen molar-refractivity contribution in [3.05, 3.63) is 101 Å². The van der Waals surface area contributed by atoms with Crippen LogP contribution in [0.25, 0.3) is 21.7 Å². The lowest BCUT2D eigenvalue weighted by molar-refractivity contribution is -0.150. The lowest BCUT2D eigenvalue weighted by Gasteiger charge is -2.20. The molecule has 0 saturated carbocycles. The van der Waals surface area contributed by atoms with Crippen LogP contribution in [0.5, 0.6) is 5.75 Å². The summed E-state index contributed by atoms with van der Waals surface area (Å²) in [7, 11) is -2.33. The third kappa shape index (κ3) is 5.04. The van der Waals surface area contributed by atoms with Gasteiger partial charge < -0.3 is 9.47 Å². The second-order valence-corrected chi connectivity index (χ2v) is 10.3. The van der Waals surface area contributed by atoms with Crippen molar-refractivity contribution in [2.45, 2.75) is 11.6 Å². The van der Waals surface area contributed by atoms with Crippen molar-refractivity contribution in [3.8, 4) is 5.75 Å². The van der Waals surface area contributed by atoms with Gasteiger partial charge in [-0.2, -0.15) is 4.68 Å². The van der Waals surface area contributed by atoms with Crippen molar-refractivity contribution in [1.82, 2.24) is 15.0 Å². The van der Waals surface area contributed by atoms with E-state index in [-0.39, 0.29) is 4.90 Å². The van der Waals surface area contributed by atoms with Crippen molar-refractivity contribution in [2.24, 2.45) is 0 Å². The lowest BCUT2D eigenvalue weighted by atomic mass is 10.1. The molecule has 0 amide bonds. The Morgan fingerprint density at radius 1 is 0.921 bits per heavy atom. The Hall–Kier alpha value is -4.77. The topological polar surface area (TPSA) is 121 Å². The van der Waals surface area contributed by atoms with Gasteiger partial charge in [-0.15, -0.1) is 5.10 Å². The van der Waals surface area contributed by atoms with Gasteiger partial charge in [-0.3, -0.25) is 9.10 Å². The second kappa shape index (κ2) is 10.3. The van der Waals surface area contributed by atoms with Crippen molar-refractivity contribution in [2.75, 3.05) is 18.0 Å². The zero-order valence-electron chi connectivity index (χ0n) is 20.2. The van der Waals surface area contributed by atoms with Crippen LogP contribution in [0.2, 0.25) is 0 Å². The first-order valence-corrected chi connectivity index (χ1v) is 13.0. The number of rotatable bonds is 8. The SMILES string of the molecule is CN(c1ccc(OCC(=O)OCn2nnc3ccccc3c2=O)cc1)S(=O)(=O)c1ccc2ccccc2c1. The number of sulfonamides is 1. The molecule has 1 aromatic heterocycles. The predicted octanol–water partition coefficient (Wildman–Crippen LogP) is 3.35. The van der Waals surface area contributed by atoms with E-state index >= 15 is 0 Å². The molecular weight excluding hydrogens is 508 g/mol. The Morgan fingerprint density at radius 2 is 1.63 bits per heavy atom. The molecule has 1 heterocycles. The van der Waals surface area contributed by atoms with Crippen LogP contribution < -0.4 is 14.6 Å². The lowest BCUT2D eigenvalue weighted by Crippen LogP contribution is -2.27. The number of anilines is 1. The molecule has 11 heteroatoms. The van der Waals surface area contributed by atoms with E-state index in [1.165, 1.54) is 11.4 Å². The number of hydrogen-bond acceptors (Lipinski definition) is 8. The van der Waals surface area contributed by atoms with Gasteiger partial charge in [0, 0.05) is 7.05 Å². The van der Waals surface area contributed by atoms with Crippen LogP contribution >= 0.6 is 0 Å². The van der Waals surface area contributed by atoms with Gasteiger partial charge in [0.1, 0.15) is 11.3 Å². The smallest absolute Gasteiger partial charge is 0.345 e. The summed E-state index contributed by atoms with van der Waals surface area (Å²) in [5, 5.41) is 9.83. The fourth-order valence-corrected chi connectivity index (χ4v) is 5.03. The fourth-order valence-electron chi connectivity index (χ4n) is 3.80. The van der Waals surface area contributed by atoms with E-state index in [0.717, 1.165) is 15.5 Å². The Balaban J connectivity index is 1.19. The van der Waals surface area contributed by atoms with E-state index in [0.29, 0.717) is 22.3 Å². The van der Waals surface area contributed by atoms with Gasteiger partial charge in [-0.25, -0.2) is 13.2 Å². The number of nitrogens with zero attached hydrogens (tertiary/aromatic N) is 4. The standard InChI is InChI=1S/C27H22N4O6S/c1-30(38(34,35)23-15-10-19-6-2-3-7-20(19)16-23)21-11-13-22(14-12-21)36-17-26(32)37-18-31-27(33)24-8-4-5-9-25(24)28-29-31/h2-16H,17-18H2,1H3. The van der Waals surface area contributed by atoms with Crippen LogP contribution in [0.3, 0.4) is 0 Å². The zero-order chi connectivity index (χ0) is 26.7. The van der Waals surface area contributed by atoms with Crippen molar-refractivity contribution in [3.63, 3.8) is 0 Å². The summed E-state index contributed by atoms with van der Waals surface area (Å²) in [5.74, 6) is -0.378. The number of esters is 1. The number of fused-ring (bicyclic) bond motifs is 2. The largest absolute Gasteiger partial charge is 0.482 e. The quantitative estimate of drug-likeness (QED) is 0.280. The minimum absolute atomic E-state index is 0.178. The number of carbonyl (C=O) groups excluding carboxylic acids is 1. The van der Waals surface area contributed by atoms with Gasteiger partial charge in [-0.05, 0) is 59.3 Å². The molecule has 192 valence electrons. The fraction of sp³-hybridized carbons (Fsp3) is 0.111. The summed E-state index contributed by atoms with van der Waals surface area (Å²) in [4.78, 5) is 24.7. The second-order valence-electron chi connectivity index (χ2n) is 8.32. The van der Waals surface area contributed by atoms with Gasteiger partial charge in [0.2, 0.25) is 0 Å².